The molecule has 0 fully saturated rings. The summed E-state index contributed by atoms with van der Waals surface area (Å²) in [5, 5.41) is 8.66. The van der Waals surface area contributed by atoms with E-state index in [2.05, 4.69) is 0 Å². The Morgan fingerprint density at radius 2 is 1.73 bits per heavy atom. The Balaban J connectivity index is 2.03. The van der Waals surface area contributed by atoms with Gasteiger partial charge in [-0.2, -0.15) is 5.26 Å². The Kier molecular flexibility index (Phi) is 4.89. The molecular formula is C16H13F3N2O. The molecule has 0 aliphatic rings. The molecule has 0 aliphatic heterocycles. The number of anilines is 1. The Bertz CT molecular complexity index is 690. The van der Waals surface area contributed by atoms with Crippen LogP contribution in [0.15, 0.2) is 36.4 Å². The van der Waals surface area contributed by atoms with E-state index in [1.165, 1.54) is 30.1 Å². The van der Waals surface area contributed by atoms with E-state index in [4.69, 9.17) is 10.00 Å². The maximum absolute atomic E-state index is 13.8. The number of likely N-dealkylation sites (N-methyl/N-ethyl adjacent to an activating group) is 1. The molecule has 0 spiro atoms. The third-order valence-corrected chi connectivity index (χ3v) is 3.05. The van der Waals surface area contributed by atoms with Crippen LogP contribution in [0, 0.1) is 28.8 Å². The van der Waals surface area contributed by atoms with Crippen molar-refractivity contribution in [1.29, 1.82) is 5.26 Å². The fraction of sp³-hybridized carbons (Fsp3) is 0.188. The average Bonchev–Trinajstić information content (AvgIpc) is 2.48. The summed E-state index contributed by atoms with van der Waals surface area (Å²) in [6.45, 7) is 0.199. The summed E-state index contributed by atoms with van der Waals surface area (Å²) in [4.78, 5) is 1.31. The molecule has 0 unspecified atom stereocenters. The molecule has 22 heavy (non-hydrogen) atoms. The number of halogens is 3. The molecule has 3 nitrogen and oxygen atoms in total. The number of hydrogen-bond acceptors (Lipinski definition) is 3. The summed E-state index contributed by atoms with van der Waals surface area (Å²) < 4.78 is 46.3. The smallest absolute Gasteiger partial charge is 0.165 e. The van der Waals surface area contributed by atoms with Gasteiger partial charge in [-0.15, -0.1) is 0 Å². The van der Waals surface area contributed by atoms with Crippen LogP contribution in [0.1, 0.15) is 5.56 Å². The maximum Gasteiger partial charge on any atom is 0.165 e. The number of nitriles is 1. The lowest BCUT2D eigenvalue weighted by molar-refractivity contribution is 0.308. The quantitative estimate of drug-likeness (QED) is 0.848. The molecule has 114 valence electrons. The molecule has 0 bridgehead atoms. The van der Waals surface area contributed by atoms with Gasteiger partial charge in [-0.3, -0.25) is 0 Å². The highest BCUT2D eigenvalue weighted by molar-refractivity contribution is 5.52. The van der Waals surface area contributed by atoms with Crippen molar-refractivity contribution < 1.29 is 17.9 Å². The molecule has 0 N–H and O–H groups in total. The number of ether oxygens (including phenoxy) is 1. The summed E-state index contributed by atoms with van der Waals surface area (Å²) in [6.07, 6.45) is 0. The molecule has 0 saturated carbocycles. The first kappa shape index (κ1) is 15.7. The second-order valence-electron chi connectivity index (χ2n) is 4.60. The van der Waals surface area contributed by atoms with Crippen molar-refractivity contribution in [2.75, 3.05) is 25.1 Å². The van der Waals surface area contributed by atoms with Crippen molar-refractivity contribution in [3.05, 3.63) is 59.4 Å². The lowest BCUT2D eigenvalue weighted by atomic mass is 10.2. The van der Waals surface area contributed by atoms with Gasteiger partial charge in [-0.1, -0.05) is 12.1 Å². The van der Waals surface area contributed by atoms with Crippen LogP contribution in [0.2, 0.25) is 0 Å². The zero-order valence-electron chi connectivity index (χ0n) is 11.8. The highest BCUT2D eigenvalue weighted by Crippen LogP contribution is 2.24. The molecule has 6 heteroatoms. The van der Waals surface area contributed by atoms with E-state index in [9.17, 15) is 13.2 Å². The number of rotatable bonds is 5. The average molecular weight is 306 g/mol. The van der Waals surface area contributed by atoms with Gasteiger partial charge in [0.1, 0.15) is 12.3 Å². The zero-order valence-corrected chi connectivity index (χ0v) is 11.8. The number of nitrogens with zero attached hydrogens (tertiary/aromatic N) is 2. The van der Waals surface area contributed by atoms with Crippen LogP contribution in [-0.2, 0) is 0 Å². The molecule has 0 radical (unpaired) electrons. The van der Waals surface area contributed by atoms with E-state index < -0.39 is 17.5 Å². The minimum absolute atomic E-state index is 0.0519. The minimum atomic E-state index is -0.829. The summed E-state index contributed by atoms with van der Waals surface area (Å²) in [6, 6.07) is 9.51. The third-order valence-electron chi connectivity index (χ3n) is 3.05. The SMILES string of the molecule is CN(CCOc1ccccc1F)c1c(F)cc(C#N)cc1F. The molecule has 0 saturated heterocycles. The molecule has 0 atom stereocenters. The molecule has 2 aromatic rings. The Hall–Kier alpha value is -2.68. The molecule has 0 amide bonds. The first-order valence-corrected chi connectivity index (χ1v) is 6.50. The van der Waals surface area contributed by atoms with Gasteiger partial charge in [0.25, 0.3) is 0 Å². The van der Waals surface area contributed by atoms with Gasteiger partial charge in [0.15, 0.2) is 23.2 Å². The molecule has 0 heterocycles. The van der Waals surface area contributed by atoms with Crippen LogP contribution in [0.3, 0.4) is 0 Å². The molecule has 2 rings (SSSR count). The van der Waals surface area contributed by atoms with Crippen molar-refractivity contribution in [2.24, 2.45) is 0 Å². The fourth-order valence-corrected chi connectivity index (χ4v) is 1.96. The van der Waals surface area contributed by atoms with Crippen LogP contribution in [0.4, 0.5) is 18.9 Å². The predicted molar refractivity (Wildman–Crippen MR) is 76.2 cm³/mol. The highest BCUT2D eigenvalue weighted by Gasteiger charge is 2.15. The lowest BCUT2D eigenvalue weighted by Gasteiger charge is -2.21. The predicted octanol–water partition coefficient (Wildman–Crippen LogP) is 3.49. The summed E-state index contributed by atoms with van der Waals surface area (Å²) in [7, 11) is 1.48. The summed E-state index contributed by atoms with van der Waals surface area (Å²) in [5.74, 6) is -2.08. The van der Waals surface area contributed by atoms with Crippen molar-refractivity contribution >= 4 is 5.69 Å². The summed E-state index contributed by atoms with van der Waals surface area (Å²) in [5.41, 5.74) is -0.342. The summed E-state index contributed by atoms with van der Waals surface area (Å²) >= 11 is 0. The zero-order chi connectivity index (χ0) is 16.1. The molecule has 0 aromatic heterocycles. The van der Waals surface area contributed by atoms with E-state index in [-0.39, 0.29) is 30.2 Å². The van der Waals surface area contributed by atoms with E-state index in [0.29, 0.717) is 0 Å². The lowest BCUT2D eigenvalue weighted by Crippen LogP contribution is -2.26. The van der Waals surface area contributed by atoms with Gasteiger partial charge >= 0.3 is 0 Å². The minimum Gasteiger partial charge on any atom is -0.489 e. The van der Waals surface area contributed by atoms with Gasteiger partial charge in [-0.05, 0) is 24.3 Å². The normalized spacial score (nSPS) is 10.1. The van der Waals surface area contributed by atoms with Crippen LogP contribution in [0.5, 0.6) is 5.75 Å². The van der Waals surface area contributed by atoms with Gasteiger partial charge in [-0.25, -0.2) is 13.2 Å². The van der Waals surface area contributed by atoms with Crippen LogP contribution in [-0.4, -0.2) is 20.2 Å². The highest BCUT2D eigenvalue weighted by atomic mass is 19.1. The number of para-hydroxylation sites is 1. The topological polar surface area (TPSA) is 36.3 Å². The first-order valence-electron chi connectivity index (χ1n) is 6.50. The molecule has 2 aromatic carbocycles. The standard InChI is InChI=1S/C16H13F3N2O/c1-21(6-7-22-15-5-3-2-4-12(15)17)16-13(18)8-11(10-20)9-14(16)19/h2-5,8-9H,6-7H2,1H3. The monoisotopic (exact) mass is 306 g/mol. The fourth-order valence-electron chi connectivity index (χ4n) is 1.96. The van der Waals surface area contributed by atoms with Gasteiger partial charge in [0.2, 0.25) is 0 Å². The van der Waals surface area contributed by atoms with Crippen LogP contribution >= 0.6 is 0 Å². The van der Waals surface area contributed by atoms with Gasteiger partial charge < -0.3 is 9.64 Å². The van der Waals surface area contributed by atoms with Crippen molar-refractivity contribution in [1.82, 2.24) is 0 Å². The first-order chi connectivity index (χ1) is 10.5. The van der Waals surface area contributed by atoms with Crippen molar-refractivity contribution in [3.8, 4) is 11.8 Å². The van der Waals surface area contributed by atoms with Gasteiger partial charge in [0, 0.05) is 7.05 Å². The molecular weight excluding hydrogens is 293 g/mol. The Labute approximate surface area is 126 Å². The maximum atomic E-state index is 13.8. The van der Waals surface area contributed by atoms with E-state index in [1.54, 1.807) is 12.1 Å². The second-order valence-corrected chi connectivity index (χ2v) is 4.60. The largest absolute Gasteiger partial charge is 0.489 e. The van der Waals surface area contributed by atoms with Crippen LogP contribution in [0.25, 0.3) is 0 Å². The van der Waals surface area contributed by atoms with Crippen molar-refractivity contribution in [3.63, 3.8) is 0 Å². The molecule has 0 aliphatic carbocycles. The van der Waals surface area contributed by atoms with E-state index in [1.807, 2.05) is 0 Å². The number of hydrogen-bond donors (Lipinski definition) is 0. The van der Waals surface area contributed by atoms with E-state index >= 15 is 0 Å². The second kappa shape index (κ2) is 6.85. The Morgan fingerprint density at radius 1 is 1.09 bits per heavy atom. The third kappa shape index (κ3) is 3.50. The number of benzene rings is 2. The Morgan fingerprint density at radius 3 is 2.32 bits per heavy atom. The van der Waals surface area contributed by atoms with Crippen LogP contribution < -0.4 is 9.64 Å². The van der Waals surface area contributed by atoms with Gasteiger partial charge in [0.05, 0.1) is 18.2 Å². The van der Waals surface area contributed by atoms with E-state index in [0.717, 1.165) is 12.1 Å². The van der Waals surface area contributed by atoms with Crippen molar-refractivity contribution in [2.45, 2.75) is 0 Å².